The van der Waals surface area contributed by atoms with E-state index in [-0.39, 0.29) is 16.5 Å². The Hall–Kier alpha value is -1.23. The average molecular weight is 222 g/mol. The number of pyridine rings is 1. The minimum atomic E-state index is -2.76. The van der Waals surface area contributed by atoms with Gasteiger partial charge in [-0.2, -0.15) is 0 Å². The molecule has 0 aliphatic heterocycles. The lowest BCUT2D eigenvalue weighted by Crippen LogP contribution is -1.99. The van der Waals surface area contributed by atoms with Crippen molar-refractivity contribution >= 4 is 17.9 Å². The number of ether oxygens (including phenoxy) is 1. The molecule has 0 bridgehead atoms. The number of alkyl halides is 2. The second kappa shape index (κ2) is 4.32. The van der Waals surface area contributed by atoms with Crippen molar-refractivity contribution < 1.29 is 18.3 Å². The lowest BCUT2D eigenvalue weighted by molar-refractivity contribution is 0.111. The van der Waals surface area contributed by atoms with Gasteiger partial charge in [0.25, 0.3) is 6.43 Å². The van der Waals surface area contributed by atoms with Crippen LogP contribution >= 0.6 is 11.6 Å². The molecule has 1 aromatic heterocycles. The number of methoxy groups -OCH3 is 1. The van der Waals surface area contributed by atoms with E-state index in [1.807, 2.05) is 0 Å². The molecule has 14 heavy (non-hydrogen) atoms. The molecule has 0 atom stereocenters. The van der Waals surface area contributed by atoms with E-state index in [1.54, 1.807) is 0 Å². The Bertz CT molecular complexity index is 357. The van der Waals surface area contributed by atoms with Crippen LogP contribution in [-0.4, -0.2) is 18.4 Å². The SMILES string of the molecule is COc1ncc(C(F)F)c(Cl)c1C=O. The molecule has 0 unspecified atom stereocenters. The van der Waals surface area contributed by atoms with Crippen LogP contribution in [-0.2, 0) is 0 Å². The maximum Gasteiger partial charge on any atom is 0.266 e. The summed E-state index contributed by atoms with van der Waals surface area (Å²) >= 11 is 5.56. The van der Waals surface area contributed by atoms with E-state index in [0.717, 1.165) is 6.20 Å². The molecule has 6 heteroatoms. The van der Waals surface area contributed by atoms with Gasteiger partial charge in [0.1, 0.15) is 0 Å². The number of hydrogen-bond donors (Lipinski definition) is 0. The molecular weight excluding hydrogens is 216 g/mol. The third-order valence-electron chi connectivity index (χ3n) is 1.59. The fourth-order valence-electron chi connectivity index (χ4n) is 0.921. The topological polar surface area (TPSA) is 39.2 Å². The van der Waals surface area contributed by atoms with Gasteiger partial charge in [-0.25, -0.2) is 13.8 Å². The van der Waals surface area contributed by atoms with Crippen LogP contribution in [0.15, 0.2) is 6.20 Å². The molecule has 0 aliphatic rings. The van der Waals surface area contributed by atoms with Crippen LogP contribution < -0.4 is 4.74 Å². The van der Waals surface area contributed by atoms with Gasteiger partial charge in [-0.3, -0.25) is 4.79 Å². The summed E-state index contributed by atoms with van der Waals surface area (Å²) in [6.07, 6.45) is -1.54. The van der Waals surface area contributed by atoms with Crippen LogP contribution in [0, 0.1) is 0 Å². The van der Waals surface area contributed by atoms with Gasteiger partial charge in [-0.05, 0) is 0 Å². The van der Waals surface area contributed by atoms with E-state index < -0.39 is 12.0 Å². The molecule has 0 amide bonds. The van der Waals surface area contributed by atoms with E-state index in [2.05, 4.69) is 9.72 Å². The number of aldehydes is 1. The molecule has 76 valence electrons. The Morgan fingerprint density at radius 1 is 1.64 bits per heavy atom. The Balaban J connectivity index is 3.34. The number of rotatable bonds is 3. The monoisotopic (exact) mass is 221 g/mol. The molecule has 0 aliphatic carbocycles. The maximum atomic E-state index is 12.3. The number of hydrogen-bond acceptors (Lipinski definition) is 3. The van der Waals surface area contributed by atoms with Crippen LogP contribution in [0.3, 0.4) is 0 Å². The summed E-state index contributed by atoms with van der Waals surface area (Å²) in [6.45, 7) is 0. The summed E-state index contributed by atoms with van der Waals surface area (Å²) in [5.41, 5.74) is -0.637. The summed E-state index contributed by atoms with van der Waals surface area (Å²) < 4.78 is 29.3. The Labute approximate surface area is 83.7 Å². The van der Waals surface area contributed by atoms with Crippen molar-refractivity contribution in [3.63, 3.8) is 0 Å². The average Bonchev–Trinajstić information content (AvgIpc) is 2.16. The fourth-order valence-corrected chi connectivity index (χ4v) is 1.18. The molecular formula is C8H6ClF2NO2. The molecule has 1 aromatic rings. The van der Waals surface area contributed by atoms with Crippen molar-refractivity contribution in [1.82, 2.24) is 4.98 Å². The van der Waals surface area contributed by atoms with Crippen LogP contribution in [0.5, 0.6) is 5.88 Å². The minimum absolute atomic E-state index is 0.0607. The molecule has 3 nitrogen and oxygen atoms in total. The van der Waals surface area contributed by atoms with E-state index >= 15 is 0 Å². The van der Waals surface area contributed by atoms with Crippen molar-refractivity contribution in [2.75, 3.05) is 7.11 Å². The zero-order valence-electron chi connectivity index (χ0n) is 7.13. The second-order valence-electron chi connectivity index (χ2n) is 2.37. The van der Waals surface area contributed by atoms with Crippen molar-refractivity contribution in [2.24, 2.45) is 0 Å². The summed E-state index contributed by atoms with van der Waals surface area (Å²) in [5.74, 6) is -0.0607. The first kappa shape index (κ1) is 10.8. The Morgan fingerprint density at radius 2 is 2.29 bits per heavy atom. The highest BCUT2D eigenvalue weighted by molar-refractivity contribution is 6.34. The molecule has 0 spiro atoms. The number of nitrogens with zero attached hydrogens (tertiary/aromatic N) is 1. The predicted molar refractivity (Wildman–Crippen MR) is 46.1 cm³/mol. The zero-order chi connectivity index (χ0) is 10.7. The largest absolute Gasteiger partial charge is 0.480 e. The smallest absolute Gasteiger partial charge is 0.266 e. The first-order chi connectivity index (χ1) is 6.61. The minimum Gasteiger partial charge on any atom is -0.480 e. The van der Waals surface area contributed by atoms with Crippen molar-refractivity contribution in [1.29, 1.82) is 0 Å². The second-order valence-corrected chi connectivity index (χ2v) is 2.75. The summed E-state index contributed by atoms with van der Waals surface area (Å²) in [7, 11) is 1.27. The van der Waals surface area contributed by atoms with E-state index in [1.165, 1.54) is 7.11 Å². The van der Waals surface area contributed by atoms with Crippen LogP contribution in [0.2, 0.25) is 5.02 Å². The first-order valence-electron chi connectivity index (χ1n) is 3.57. The van der Waals surface area contributed by atoms with Gasteiger partial charge < -0.3 is 4.74 Å². The van der Waals surface area contributed by atoms with E-state index in [4.69, 9.17) is 11.6 Å². The highest BCUT2D eigenvalue weighted by Crippen LogP contribution is 2.32. The Kier molecular flexibility index (Phi) is 3.35. The van der Waals surface area contributed by atoms with Gasteiger partial charge in [0.05, 0.1) is 23.3 Å². The molecule has 0 aromatic carbocycles. The fraction of sp³-hybridized carbons (Fsp3) is 0.250. The first-order valence-corrected chi connectivity index (χ1v) is 3.95. The standard InChI is InChI=1S/C8H6ClF2NO2/c1-14-8-5(3-13)6(9)4(2-12-8)7(10)11/h2-3,7H,1H3. The maximum absolute atomic E-state index is 12.3. The normalized spacial score (nSPS) is 10.4. The third kappa shape index (κ3) is 1.82. The molecule has 0 saturated heterocycles. The number of carbonyl (C=O) groups excluding carboxylic acids is 1. The van der Waals surface area contributed by atoms with Crippen molar-refractivity contribution in [3.8, 4) is 5.88 Å². The van der Waals surface area contributed by atoms with Crippen molar-refractivity contribution in [3.05, 3.63) is 22.3 Å². The lowest BCUT2D eigenvalue weighted by Gasteiger charge is -2.07. The van der Waals surface area contributed by atoms with Gasteiger partial charge >= 0.3 is 0 Å². The van der Waals surface area contributed by atoms with Crippen molar-refractivity contribution in [2.45, 2.75) is 6.43 Å². The molecule has 1 heterocycles. The number of halogens is 3. The third-order valence-corrected chi connectivity index (χ3v) is 2.01. The number of aromatic nitrogens is 1. The zero-order valence-corrected chi connectivity index (χ0v) is 7.89. The molecule has 1 rings (SSSR count). The highest BCUT2D eigenvalue weighted by Gasteiger charge is 2.18. The molecule has 0 saturated carbocycles. The molecule has 0 radical (unpaired) electrons. The number of carbonyl (C=O) groups is 1. The molecule has 0 fully saturated rings. The van der Waals surface area contributed by atoms with Crippen LogP contribution in [0.4, 0.5) is 8.78 Å². The van der Waals surface area contributed by atoms with Crippen LogP contribution in [0.1, 0.15) is 22.3 Å². The van der Waals surface area contributed by atoms with Gasteiger partial charge in [0, 0.05) is 6.20 Å². The highest BCUT2D eigenvalue weighted by atomic mass is 35.5. The summed E-state index contributed by atoms with van der Waals surface area (Å²) in [4.78, 5) is 14.1. The van der Waals surface area contributed by atoms with Gasteiger partial charge in [-0.15, -0.1) is 0 Å². The van der Waals surface area contributed by atoms with Gasteiger partial charge in [0.15, 0.2) is 6.29 Å². The summed E-state index contributed by atoms with van der Waals surface area (Å²) in [6, 6.07) is 0. The van der Waals surface area contributed by atoms with E-state index in [0.29, 0.717) is 6.29 Å². The van der Waals surface area contributed by atoms with Gasteiger partial charge in [-0.1, -0.05) is 11.6 Å². The molecule has 0 N–H and O–H groups in total. The Morgan fingerprint density at radius 3 is 2.71 bits per heavy atom. The lowest BCUT2D eigenvalue weighted by atomic mass is 10.2. The quantitative estimate of drug-likeness (QED) is 0.736. The predicted octanol–water partition coefficient (Wildman–Crippen LogP) is 2.49. The van der Waals surface area contributed by atoms with E-state index in [9.17, 15) is 13.6 Å². The van der Waals surface area contributed by atoms with Crippen LogP contribution in [0.25, 0.3) is 0 Å². The van der Waals surface area contributed by atoms with Gasteiger partial charge in [0.2, 0.25) is 5.88 Å². The summed E-state index contributed by atoms with van der Waals surface area (Å²) in [5, 5.41) is -0.318.